The summed E-state index contributed by atoms with van der Waals surface area (Å²) in [6.07, 6.45) is 1.50. The van der Waals surface area contributed by atoms with E-state index in [1.807, 2.05) is 25.9 Å². The van der Waals surface area contributed by atoms with E-state index < -0.39 is 4.92 Å². The van der Waals surface area contributed by atoms with Crippen LogP contribution in [-0.2, 0) is 0 Å². The van der Waals surface area contributed by atoms with E-state index in [4.69, 9.17) is 0 Å². The van der Waals surface area contributed by atoms with E-state index in [2.05, 4.69) is 0 Å². The van der Waals surface area contributed by atoms with Gasteiger partial charge in [-0.05, 0) is 19.1 Å². The lowest BCUT2D eigenvalue weighted by Crippen LogP contribution is -2.10. The first-order valence-corrected chi connectivity index (χ1v) is 5.06. The molecule has 0 bridgehead atoms. The number of non-ortho nitro benzene ring substituents is 1. The van der Waals surface area contributed by atoms with Crippen molar-refractivity contribution in [2.24, 2.45) is 0 Å². The fourth-order valence-corrected chi connectivity index (χ4v) is 1.15. The predicted molar refractivity (Wildman–Crippen MR) is 64.9 cm³/mol. The van der Waals surface area contributed by atoms with E-state index in [0.29, 0.717) is 5.56 Å². The molecule has 17 heavy (non-hydrogen) atoms. The predicted octanol–water partition coefficient (Wildman–Crippen LogP) is 2.24. The van der Waals surface area contributed by atoms with Gasteiger partial charge in [0.15, 0.2) is 5.78 Å². The van der Waals surface area contributed by atoms with Crippen LogP contribution in [0.15, 0.2) is 36.0 Å². The number of allylic oxidation sites excluding steroid dienone is 2. The Balaban J connectivity index is 2.91. The van der Waals surface area contributed by atoms with Crippen molar-refractivity contribution in [1.29, 1.82) is 0 Å². The first kappa shape index (κ1) is 12.9. The second-order valence-electron chi connectivity index (χ2n) is 3.85. The van der Waals surface area contributed by atoms with E-state index >= 15 is 0 Å². The zero-order chi connectivity index (χ0) is 13.0. The van der Waals surface area contributed by atoms with Gasteiger partial charge in [-0.3, -0.25) is 14.9 Å². The van der Waals surface area contributed by atoms with Gasteiger partial charge in [0.1, 0.15) is 0 Å². The largest absolute Gasteiger partial charge is 0.381 e. The highest BCUT2D eigenvalue weighted by atomic mass is 16.6. The topological polar surface area (TPSA) is 63.4 Å². The Bertz CT molecular complexity index is 461. The molecule has 0 unspecified atom stereocenters. The molecule has 5 heteroatoms. The molecule has 0 spiro atoms. The molecule has 5 nitrogen and oxygen atoms in total. The van der Waals surface area contributed by atoms with Gasteiger partial charge in [-0.25, -0.2) is 0 Å². The lowest BCUT2D eigenvalue weighted by molar-refractivity contribution is -0.384. The number of ketones is 1. The van der Waals surface area contributed by atoms with Crippen molar-refractivity contribution < 1.29 is 9.72 Å². The van der Waals surface area contributed by atoms with Crippen molar-refractivity contribution in [3.8, 4) is 0 Å². The molecule has 0 aliphatic rings. The summed E-state index contributed by atoms with van der Waals surface area (Å²) in [5.74, 6) is -0.161. The molecule has 0 saturated heterocycles. The molecule has 0 fully saturated rings. The second kappa shape index (κ2) is 5.25. The van der Waals surface area contributed by atoms with Crippen LogP contribution in [0.4, 0.5) is 5.69 Å². The zero-order valence-corrected chi connectivity index (χ0v) is 10.0. The highest BCUT2D eigenvalue weighted by Gasteiger charge is 2.08. The number of nitrogens with zero attached hydrogens (tertiary/aromatic N) is 2. The van der Waals surface area contributed by atoms with E-state index in [0.717, 1.165) is 5.70 Å². The number of hydrogen-bond acceptors (Lipinski definition) is 4. The van der Waals surface area contributed by atoms with Crippen molar-refractivity contribution in [2.75, 3.05) is 14.1 Å². The van der Waals surface area contributed by atoms with Crippen molar-refractivity contribution in [2.45, 2.75) is 6.92 Å². The molecule has 0 aromatic heterocycles. The Hall–Kier alpha value is -2.17. The highest BCUT2D eigenvalue weighted by molar-refractivity contribution is 6.04. The quantitative estimate of drug-likeness (QED) is 0.347. The van der Waals surface area contributed by atoms with Crippen LogP contribution in [0.5, 0.6) is 0 Å². The SMILES string of the molecule is C/C(=C\C(=O)c1ccc([N+](=O)[O-])cc1)N(C)C. The number of benzene rings is 1. The van der Waals surface area contributed by atoms with Gasteiger partial charge in [-0.2, -0.15) is 0 Å². The molecule has 0 N–H and O–H groups in total. The zero-order valence-electron chi connectivity index (χ0n) is 10.0. The summed E-state index contributed by atoms with van der Waals surface area (Å²) < 4.78 is 0. The number of rotatable bonds is 4. The van der Waals surface area contributed by atoms with E-state index in [1.54, 1.807) is 0 Å². The summed E-state index contributed by atoms with van der Waals surface area (Å²) >= 11 is 0. The highest BCUT2D eigenvalue weighted by Crippen LogP contribution is 2.13. The van der Waals surface area contributed by atoms with Crippen molar-refractivity contribution >= 4 is 11.5 Å². The molecule has 0 amide bonds. The summed E-state index contributed by atoms with van der Waals surface area (Å²) in [7, 11) is 3.68. The molecule has 0 aliphatic carbocycles. The molecular weight excluding hydrogens is 220 g/mol. The maximum atomic E-state index is 11.8. The summed E-state index contributed by atoms with van der Waals surface area (Å²) in [5, 5.41) is 10.5. The fraction of sp³-hybridized carbons (Fsp3) is 0.250. The molecule has 0 aliphatic heterocycles. The lowest BCUT2D eigenvalue weighted by atomic mass is 10.1. The molecular formula is C12H14N2O3. The summed E-state index contributed by atoms with van der Waals surface area (Å²) in [4.78, 5) is 23.6. The van der Waals surface area contributed by atoms with E-state index in [-0.39, 0.29) is 11.5 Å². The number of nitro benzene ring substituents is 1. The van der Waals surface area contributed by atoms with E-state index in [1.165, 1.54) is 30.3 Å². The minimum absolute atomic E-state index is 0.0186. The standard InChI is InChI=1S/C12H14N2O3/c1-9(13(2)3)8-12(15)10-4-6-11(7-5-10)14(16)17/h4-8H,1-3H3/b9-8+. The van der Waals surface area contributed by atoms with Crippen LogP contribution in [0.2, 0.25) is 0 Å². The smallest absolute Gasteiger partial charge is 0.269 e. The van der Waals surface area contributed by atoms with Gasteiger partial charge < -0.3 is 4.90 Å². The van der Waals surface area contributed by atoms with Crippen LogP contribution in [0, 0.1) is 10.1 Å². The third kappa shape index (κ3) is 3.41. The minimum Gasteiger partial charge on any atom is -0.381 e. The molecule has 0 saturated carbocycles. The second-order valence-corrected chi connectivity index (χ2v) is 3.85. The Morgan fingerprint density at radius 3 is 2.24 bits per heavy atom. The molecule has 1 aromatic carbocycles. The Morgan fingerprint density at radius 1 is 1.29 bits per heavy atom. The fourth-order valence-electron chi connectivity index (χ4n) is 1.15. The Kier molecular flexibility index (Phi) is 3.98. The summed E-state index contributed by atoms with van der Waals surface area (Å²) in [5.41, 5.74) is 1.25. The van der Waals surface area contributed by atoms with Gasteiger partial charge in [0.25, 0.3) is 5.69 Å². The minimum atomic E-state index is -0.491. The maximum absolute atomic E-state index is 11.8. The van der Waals surface area contributed by atoms with Crippen LogP contribution >= 0.6 is 0 Å². The Labute approximate surface area is 99.5 Å². The molecule has 1 rings (SSSR count). The average molecular weight is 234 g/mol. The Morgan fingerprint density at radius 2 is 1.82 bits per heavy atom. The van der Waals surface area contributed by atoms with Gasteiger partial charge in [-0.15, -0.1) is 0 Å². The summed E-state index contributed by atoms with van der Waals surface area (Å²) in [6, 6.07) is 5.57. The third-order valence-electron chi connectivity index (χ3n) is 2.41. The van der Waals surface area contributed by atoms with E-state index in [9.17, 15) is 14.9 Å². The van der Waals surface area contributed by atoms with Crippen LogP contribution in [-0.4, -0.2) is 29.7 Å². The van der Waals surface area contributed by atoms with Crippen molar-refractivity contribution in [3.05, 3.63) is 51.7 Å². The van der Waals surface area contributed by atoms with Crippen molar-refractivity contribution in [1.82, 2.24) is 4.90 Å². The number of carbonyl (C=O) groups excluding carboxylic acids is 1. The van der Waals surface area contributed by atoms with Crippen molar-refractivity contribution in [3.63, 3.8) is 0 Å². The number of hydrogen-bond donors (Lipinski definition) is 0. The number of nitro groups is 1. The van der Waals surface area contributed by atoms with Crippen LogP contribution in [0.1, 0.15) is 17.3 Å². The summed E-state index contributed by atoms with van der Waals surface area (Å²) in [6.45, 7) is 1.82. The average Bonchev–Trinajstić information content (AvgIpc) is 2.28. The maximum Gasteiger partial charge on any atom is 0.269 e. The first-order chi connectivity index (χ1) is 7.91. The van der Waals surface area contributed by atoms with Gasteiger partial charge in [0.2, 0.25) is 0 Å². The molecule has 0 atom stereocenters. The molecule has 0 heterocycles. The van der Waals surface area contributed by atoms with Gasteiger partial charge >= 0.3 is 0 Å². The van der Waals surface area contributed by atoms with Gasteiger partial charge in [0.05, 0.1) is 4.92 Å². The molecule has 90 valence electrons. The molecule has 1 aromatic rings. The van der Waals surface area contributed by atoms with Crippen LogP contribution in [0.3, 0.4) is 0 Å². The first-order valence-electron chi connectivity index (χ1n) is 5.06. The van der Waals surface area contributed by atoms with Gasteiger partial charge in [-0.1, -0.05) is 0 Å². The molecule has 0 radical (unpaired) electrons. The number of carbonyl (C=O) groups is 1. The van der Waals surface area contributed by atoms with Crippen LogP contribution < -0.4 is 0 Å². The monoisotopic (exact) mass is 234 g/mol. The normalized spacial score (nSPS) is 11.1. The lowest BCUT2D eigenvalue weighted by Gasteiger charge is -2.11. The third-order valence-corrected chi connectivity index (χ3v) is 2.41. The van der Waals surface area contributed by atoms with Crippen LogP contribution in [0.25, 0.3) is 0 Å². The van der Waals surface area contributed by atoms with Gasteiger partial charge in [0, 0.05) is 43.6 Å².